The van der Waals surface area contributed by atoms with Crippen molar-refractivity contribution < 1.29 is 8.42 Å². The van der Waals surface area contributed by atoms with Gasteiger partial charge in [-0.3, -0.25) is 0 Å². The molecule has 0 aromatic carbocycles. The van der Waals surface area contributed by atoms with Gasteiger partial charge in [-0.2, -0.15) is 4.31 Å². The molecule has 3 aromatic heterocycles. The zero-order valence-corrected chi connectivity index (χ0v) is 14.5. The molecule has 7 heteroatoms. The lowest BCUT2D eigenvalue weighted by Crippen LogP contribution is -2.30. The summed E-state index contributed by atoms with van der Waals surface area (Å²) in [7, 11) is -1.55. The van der Waals surface area contributed by atoms with Crippen LogP contribution >= 0.6 is 22.7 Å². The van der Waals surface area contributed by atoms with E-state index in [1.54, 1.807) is 33.2 Å². The van der Waals surface area contributed by atoms with Crippen LogP contribution in [-0.4, -0.2) is 17.3 Å². The molecule has 4 nitrogen and oxygen atoms in total. The molecule has 116 valence electrons. The summed E-state index contributed by atoms with van der Waals surface area (Å²) in [6.07, 6.45) is 1.93. The highest BCUT2D eigenvalue weighted by Gasteiger charge is 2.26. The van der Waals surface area contributed by atoms with Gasteiger partial charge in [0.2, 0.25) is 0 Å². The third-order valence-corrected chi connectivity index (χ3v) is 7.42. The second kappa shape index (κ2) is 6.37. The summed E-state index contributed by atoms with van der Waals surface area (Å²) < 4.78 is 29.7. The van der Waals surface area contributed by atoms with Crippen LogP contribution in [0.15, 0.2) is 57.6 Å². The van der Waals surface area contributed by atoms with Crippen LogP contribution in [0.2, 0.25) is 0 Å². The van der Waals surface area contributed by atoms with Gasteiger partial charge in [-0.05, 0) is 35.0 Å². The van der Waals surface area contributed by atoms with Crippen LogP contribution in [0.5, 0.6) is 0 Å². The first kappa shape index (κ1) is 15.5. The molecule has 0 spiro atoms. The van der Waals surface area contributed by atoms with E-state index in [0.717, 1.165) is 10.6 Å². The highest BCUT2D eigenvalue weighted by atomic mass is 32.2. The van der Waals surface area contributed by atoms with Gasteiger partial charge in [0.1, 0.15) is 4.21 Å². The molecule has 0 aliphatic heterocycles. The molecule has 0 unspecified atom stereocenters. The number of aromatic nitrogens is 1. The van der Waals surface area contributed by atoms with Gasteiger partial charge in [-0.15, -0.1) is 22.7 Å². The Hall–Kier alpha value is -1.41. The maximum Gasteiger partial charge on any atom is 0.253 e. The SMILES string of the molecule is Cn1cccc1CN(Cc1cccs1)S(=O)(=O)c1cccs1. The van der Waals surface area contributed by atoms with Crippen molar-refractivity contribution in [3.8, 4) is 0 Å². The van der Waals surface area contributed by atoms with E-state index < -0.39 is 10.0 Å². The molecule has 3 heterocycles. The predicted molar refractivity (Wildman–Crippen MR) is 90.5 cm³/mol. The normalized spacial score (nSPS) is 12.1. The average molecular weight is 353 g/mol. The number of sulfonamides is 1. The molecule has 0 bridgehead atoms. The summed E-state index contributed by atoms with van der Waals surface area (Å²) in [5, 5.41) is 3.76. The highest BCUT2D eigenvalue weighted by molar-refractivity contribution is 7.91. The van der Waals surface area contributed by atoms with Crippen molar-refractivity contribution in [1.82, 2.24) is 8.87 Å². The fraction of sp³-hybridized carbons (Fsp3) is 0.200. The van der Waals surface area contributed by atoms with Gasteiger partial charge < -0.3 is 4.57 Å². The van der Waals surface area contributed by atoms with E-state index in [0.29, 0.717) is 17.3 Å². The molecule has 22 heavy (non-hydrogen) atoms. The first-order valence-electron chi connectivity index (χ1n) is 6.73. The number of nitrogens with zero attached hydrogens (tertiary/aromatic N) is 2. The van der Waals surface area contributed by atoms with E-state index >= 15 is 0 Å². The molecule has 0 saturated heterocycles. The summed E-state index contributed by atoms with van der Waals surface area (Å²) in [4.78, 5) is 1.04. The smallest absolute Gasteiger partial charge is 0.253 e. The number of aryl methyl sites for hydroxylation is 1. The zero-order valence-electron chi connectivity index (χ0n) is 12.0. The Balaban J connectivity index is 1.94. The fourth-order valence-corrected chi connectivity index (χ4v) is 5.52. The van der Waals surface area contributed by atoms with E-state index in [4.69, 9.17) is 0 Å². The quantitative estimate of drug-likeness (QED) is 0.681. The number of thiophene rings is 2. The lowest BCUT2D eigenvalue weighted by Gasteiger charge is -2.21. The van der Waals surface area contributed by atoms with E-state index in [1.165, 1.54) is 11.3 Å². The molecular weight excluding hydrogens is 336 g/mol. The molecule has 0 radical (unpaired) electrons. The fourth-order valence-electron chi connectivity index (χ4n) is 2.18. The summed E-state index contributed by atoms with van der Waals surface area (Å²) in [5.41, 5.74) is 0.969. The van der Waals surface area contributed by atoms with E-state index in [-0.39, 0.29) is 0 Å². The Morgan fingerprint density at radius 1 is 1.05 bits per heavy atom. The number of rotatable bonds is 6. The predicted octanol–water partition coefficient (Wildman–Crippen LogP) is 3.54. The van der Waals surface area contributed by atoms with E-state index in [9.17, 15) is 8.42 Å². The Kier molecular flexibility index (Phi) is 4.49. The first-order valence-corrected chi connectivity index (χ1v) is 9.93. The summed E-state index contributed by atoms with van der Waals surface area (Å²) in [6, 6.07) is 11.2. The Morgan fingerprint density at radius 2 is 1.82 bits per heavy atom. The second-order valence-corrected chi connectivity index (χ2v) is 9.04. The molecule has 0 saturated carbocycles. The minimum Gasteiger partial charge on any atom is -0.353 e. The van der Waals surface area contributed by atoms with Crippen molar-refractivity contribution in [2.45, 2.75) is 17.3 Å². The van der Waals surface area contributed by atoms with Crippen LogP contribution in [0.3, 0.4) is 0 Å². The standard InChI is InChI=1S/C15H16N2O2S3/c1-16-8-2-5-13(16)11-17(12-14-6-3-9-20-14)22(18,19)15-7-4-10-21-15/h2-10H,11-12H2,1H3. The van der Waals surface area contributed by atoms with Crippen molar-refractivity contribution in [3.63, 3.8) is 0 Å². The van der Waals surface area contributed by atoms with Crippen LogP contribution in [0.4, 0.5) is 0 Å². The third-order valence-electron chi connectivity index (χ3n) is 3.39. The third kappa shape index (κ3) is 3.17. The largest absolute Gasteiger partial charge is 0.353 e. The van der Waals surface area contributed by atoms with Gasteiger partial charge in [0.15, 0.2) is 0 Å². The van der Waals surface area contributed by atoms with Gasteiger partial charge in [-0.1, -0.05) is 12.1 Å². The highest BCUT2D eigenvalue weighted by Crippen LogP contribution is 2.25. The molecule has 3 aromatic rings. The first-order chi connectivity index (χ1) is 10.6. The minimum absolute atomic E-state index is 0.363. The van der Waals surface area contributed by atoms with E-state index in [1.807, 2.05) is 47.5 Å². The van der Waals surface area contributed by atoms with Crippen LogP contribution in [0, 0.1) is 0 Å². The molecule has 3 rings (SSSR count). The van der Waals surface area contributed by atoms with Crippen LogP contribution < -0.4 is 0 Å². The summed E-state index contributed by atoms with van der Waals surface area (Å²) >= 11 is 2.83. The summed E-state index contributed by atoms with van der Waals surface area (Å²) in [5.74, 6) is 0. The van der Waals surface area contributed by atoms with Gasteiger partial charge in [0.05, 0.1) is 6.54 Å². The Labute approximate surface area is 138 Å². The van der Waals surface area contributed by atoms with Crippen LogP contribution in [-0.2, 0) is 30.2 Å². The Morgan fingerprint density at radius 3 is 2.41 bits per heavy atom. The molecular formula is C15H16N2O2S3. The monoisotopic (exact) mass is 352 g/mol. The van der Waals surface area contributed by atoms with Crippen molar-refractivity contribution in [2.75, 3.05) is 0 Å². The zero-order chi connectivity index (χ0) is 15.6. The maximum absolute atomic E-state index is 12.9. The summed E-state index contributed by atoms with van der Waals surface area (Å²) in [6.45, 7) is 0.755. The number of hydrogen-bond donors (Lipinski definition) is 0. The van der Waals surface area contributed by atoms with Gasteiger partial charge >= 0.3 is 0 Å². The maximum atomic E-state index is 12.9. The van der Waals surface area contributed by atoms with Crippen molar-refractivity contribution >= 4 is 32.7 Å². The molecule has 0 atom stereocenters. The minimum atomic E-state index is -3.48. The molecule has 0 N–H and O–H groups in total. The second-order valence-electron chi connectivity index (χ2n) is 4.89. The van der Waals surface area contributed by atoms with Gasteiger partial charge in [0.25, 0.3) is 10.0 Å². The van der Waals surface area contributed by atoms with Crippen molar-refractivity contribution in [2.24, 2.45) is 7.05 Å². The van der Waals surface area contributed by atoms with E-state index in [2.05, 4.69) is 0 Å². The molecule has 0 fully saturated rings. The Bertz CT molecular complexity index is 818. The van der Waals surface area contributed by atoms with Gasteiger partial charge in [0, 0.05) is 30.4 Å². The van der Waals surface area contributed by atoms with Gasteiger partial charge in [-0.25, -0.2) is 8.42 Å². The lowest BCUT2D eigenvalue weighted by atomic mass is 10.4. The average Bonchev–Trinajstić information content (AvgIpc) is 3.21. The van der Waals surface area contributed by atoms with Crippen molar-refractivity contribution in [3.05, 3.63) is 63.9 Å². The van der Waals surface area contributed by atoms with Crippen LogP contribution in [0.1, 0.15) is 10.6 Å². The van der Waals surface area contributed by atoms with Crippen LogP contribution in [0.25, 0.3) is 0 Å². The molecule has 0 aliphatic rings. The topological polar surface area (TPSA) is 42.3 Å². The lowest BCUT2D eigenvalue weighted by molar-refractivity contribution is 0.396. The molecule has 0 aliphatic carbocycles. The van der Waals surface area contributed by atoms with Crippen molar-refractivity contribution in [1.29, 1.82) is 0 Å². The molecule has 0 amide bonds. The number of hydrogen-bond acceptors (Lipinski definition) is 4.